The Bertz CT molecular complexity index is 702. The number of nitrogens with one attached hydrogen (secondary N) is 2. The van der Waals surface area contributed by atoms with Crippen molar-refractivity contribution in [2.75, 3.05) is 10.6 Å². The van der Waals surface area contributed by atoms with Crippen LogP contribution in [0.3, 0.4) is 0 Å². The Morgan fingerprint density at radius 2 is 2.10 bits per heavy atom. The molecule has 102 valence electrons. The smallest absolute Gasteiger partial charge is 0.251 e. The van der Waals surface area contributed by atoms with E-state index in [1.54, 1.807) is 12.1 Å². The Labute approximate surface area is 120 Å². The van der Waals surface area contributed by atoms with E-state index in [-0.39, 0.29) is 11.7 Å². The average Bonchev–Trinajstić information content (AvgIpc) is 2.70. The van der Waals surface area contributed by atoms with Gasteiger partial charge in [-0.1, -0.05) is 23.7 Å². The SMILES string of the molecule is Cc1c(Cl)cccc1NC1C(=O)Nc2cc(F)ccc21. The maximum absolute atomic E-state index is 13.2. The van der Waals surface area contributed by atoms with Gasteiger partial charge in [-0.3, -0.25) is 4.79 Å². The van der Waals surface area contributed by atoms with Crippen LogP contribution in [0.4, 0.5) is 15.8 Å². The van der Waals surface area contributed by atoms with Gasteiger partial charge in [-0.05, 0) is 36.8 Å². The number of fused-ring (bicyclic) bond motifs is 1. The van der Waals surface area contributed by atoms with E-state index in [4.69, 9.17) is 11.6 Å². The normalized spacial score (nSPS) is 16.8. The van der Waals surface area contributed by atoms with Gasteiger partial charge >= 0.3 is 0 Å². The van der Waals surface area contributed by atoms with E-state index in [0.29, 0.717) is 10.7 Å². The maximum atomic E-state index is 13.2. The third-order valence-electron chi connectivity index (χ3n) is 3.41. The second-order valence-electron chi connectivity index (χ2n) is 4.71. The first-order chi connectivity index (χ1) is 9.56. The second kappa shape index (κ2) is 4.80. The Morgan fingerprint density at radius 1 is 1.30 bits per heavy atom. The average molecular weight is 291 g/mol. The highest BCUT2D eigenvalue weighted by Gasteiger charge is 2.31. The number of anilines is 2. The van der Waals surface area contributed by atoms with Crippen molar-refractivity contribution >= 4 is 28.9 Å². The molecule has 2 aromatic rings. The summed E-state index contributed by atoms with van der Waals surface area (Å²) < 4.78 is 13.2. The first-order valence-electron chi connectivity index (χ1n) is 6.18. The lowest BCUT2D eigenvalue weighted by molar-refractivity contribution is -0.116. The number of rotatable bonds is 2. The molecule has 2 N–H and O–H groups in total. The van der Waals surface area contributed by atoms with Crippen molar-refractivity contribution < 1.29 is 9.18 Å². The van der Waals surface area contributed by atoms with E-state index in [1.165, 1.54) is 12.1 Å². The molecule has 20 heavy (non-hydrogen) atoms. The molecule has 0 radical (unpaired) electrons. The molecule has 3 nitrogen and oxygen atoms in total. The van der Waals surface area contributed by atoms with Crippen molar-refractivity contribution in [3.63, 3.8) is 0 Å². The Morgan fingerprint density at radius 3 is 2.90 bits per heavy atom. The van der Waals surface area contributed by atoms with Crippen LogP contribution in [0, 0.1) is 12.7 Å². The highest BCUT2D eigenvalue weighted by atomic mass is 35.5. The van der Waals surface area contributed by atoms with E-state index >= 15 is 0 Å². The van der Waals surface area contributed by atoms with Crippen LogP contribution in [0.15, 0.2) is 36.4 Å². The van der Waals surface area contributed by atoms with Crippen molar-refractivity contribution in [1.29, 1.82) is 0 Å². The van der Waals surface area contributed by atoms with Crippen molar-refractivity contribution in [2.24, 2.45) is 0 Å². The molecule has 0 spiro atoms. The summed E-state index contributed by atoms with van der Waals surface area (Å²) in [4.78, 5) is 12.0. The summed E-state index contributed by atoms with van der Waals surface area (Å²) >= 11 is 6.07. The highest BCUT2D eigenvalue weighted by Crippen LogP contribution is 2.35. The van der Waals surface area contributed by atoms with Gasteiger partial charge in [0.1, 0.15) is 11.9 Å². The van der Waals surface area contributed by atoms with Gasteiger partial charge in [0.2, 0.25) is 0 Å². The van der Waals surface area contributed by atoms with E-state index in [2.05, 4.69) is 10.6 Å². The molecule has 0 saturated carbocycles. The first-order valence-corrected chi connectivity index (χ1v) is 6.56. The lowest BCUT2D eigenvalue weighted by atomic mass is 10.1. The van der Waals surface area contributed by atoms with Gasteiger partial charge in [0, 0.05) is 22.0 Å². The molecule has 2 aromatic carbocycles. The minimum atomic E-state index is -0.539. The molecule has 1 atom stereocenters. The van der Waals surface area contributed by atoms with Crippen LogP contribution in [0.1, 0.15) is 17.2 Å². The van der Waals surface area contributed by atoms with Crippen LogP contribution < -0.4 is 10.6 Å². The predicted molar refractivity (Wildman–Crippen MR) is 77.6 cm³/mol. The number of benzene rings is 2. The Kier molecular flexibility index (Phi) is 3.10. The van der Waals surface area contributed by atoms with Gasteiger partial charge in [-0.15, -0.1) is 0 Å². The zero-order chi connectivity index (χ0) is 14.3. The van der Waals surface area contributed by atoms with Crippen molar-refractivity contribution in [2.45, 2.75) is 13.0 Å². The van der Waals surface area contributed by atoms with Crippen LogP contribution in [0.5, 0.6) is 0 Å². The number of amides is 1. The summed E-state index contributed by atoms with van der Waals surface area (Å²) in [6.45, 7) is 1.88. The molecule has 0 aromatic heterocycles. The summed E-state index contributed by atoms with van der Waals surface area (Å²) in [6.07, 6.45) is 0. The van der Waals surface area contributed by atoms with Crippen molar-refractivity contribution in [3.05, 3.63) is 58.4 Å². The number of halogens is 2. The number of hydrogen-bond acceptors (Lipinski definition) is 2. The molecule has 0 fully saturated rings. The van der Waals surface area contributed by atoms with E-state index in [9.17, 15) is 9.18 Å². The van der Waals surface area contributed by atoms with Gasteiger partial charge in [0.15, 0.2) is 0 Å². The van der Waals surface area contributed by atoms with E-state index < -0.39 is 6.04 Å². The minimum absolute atomic E-state index is 0.204. The predicted octanol–water partition coefficient (Wildman–Crippen LogP) is 3.89. The molecule has 1 aliphatic rings. The van der Waals surface area contributed by atoms with Crippen molar-refractivity contribution in [1.82, 2.24) is 0 Å². The lowest BCUT2D eigenvalue weighted by Crippen LogP contribution is -2.20. The van der Waals surface area contributed by atoms with Gasteiger partial charge in [0.05, 0.1) is 0 Å². The van der Waals surface area contributed by atoms with E-state index in [0.717, 1.165) is 16.8 Å². The van der Waals surface area contributed by atoms with Crippen molar-refractivity contribution in [3.8, 4) is 0 Å². The molecular weight excluding hydrogens is 279 g/mol. The van der Waals surface area contributed by atoms with Gasteiger partial charge in [0.25, 0.3) is 5.91 Å². The topological polar surface area (TPSA) is 41.1 Å². The molecule has 1 heterocycles. The van der Waals surface area contributed by atoms with Gasteiger partial charge in [-0.2, -0.15) is 0 Å². The standard InChI is InChI=1S/C15H12ClFN2O/c1-8-11(16)3-2-4-12(8)18-14-10-6-5-9(17)7-13(10)19-15(14)20/h2-7,14,18H,1H3,(H,19,20). The van der Waals surface area contributed by atoms with Gasteiger partial charge < -0.3 is 10.6 Å². The molecule has 1 aliphatic heterocycles. The molecule has 1 amide bonds. The largest absolute Gasteiger partial charge is 0.370 e. The number of carbonyl (C=O) groups excluding carboxylic acids is 1. The third-order valence-corrected chi connectivity index (χ3v) is 3.82. The van der Waals surface area contributed by atoms with Crippen LogP contribution in [-0.2, 0) is 4.79 Å². The van der Waals surface area contributed by atoms with Gasteiger partial charge in [-0.25, -0.2) is 4.39 Å². The van der Waals surface area contributed by atoms with Crippen LogP contribution in [-0.4, -0.2) is 5.91 Å². The van der Waals surface area contributed by atoms with E-state index in [1.807, 2.05) is 19.1 Å². The second-order valence-corrected chi connectivity index (χ2v) is 5.12. The molecule has 0 aliphatic carbocycles. The molecule has 0 bridgehead atoms. The number of carbonyl (C=O) groups is 1. The molecule has 5 heteroatoms. The fourth-order valence-electron chi connectivity index (χ4n) is 2.30. The zero-order valence-corrected chi connectivity index (χ0v) is 11.5. The van der Waals surface area contributed by atoms with Crippen LogP contribution >= 0.6 is 11.6 Å². The molecule has 1 unspecified atom stereocenters. The maximum Gasteiger partial charge on any atom is 0.251 e. The first kappa shape index (κ1) is 12.9. The highest BCUT2D eigenvalue weighted by molar-refractivity contribution is 6.31. The van der Waals surface area contributed by atoms with Crippen LogP contribution in [0.2, 0.25) is 5.02 Å². The lowest BCUT2D eigenvalue weighted by Gasteiger charge is -2.15. The van der Waals surface area contributed by atoms with Crippen LogP contribution in [0.25, 0.3) is 0 Å². The monoisotopic (exact) mass is 290 g/mol. The molecule has 3 rings (SSSR count). The summed E-state index contributed by atoms with van der Waals surface area (Å²) in [5.74, 6) is -0.575. The quantitative estimate of drug-likeness (QED) is 0.881. The Hall–Kier alpha value is -2.07. The fourth-order valence-corrected chi connectivity index (χ4v) is 2.47. The molecular formula is C15H12ClFN2O. The Balaban J connectivity index is 1.96. The minimum Gasteiger partial charge on any atom is -0.370 e. The zero-order valence-electron chi connectivity index (χ0n) is 10.7. The molecule has 0 saturated heterocycles. The number of hydrogen-bond donors (Lipinski definition) is 2. The summed E-state index contributed by atoms with van der Waals surface area (Å²) in [5, 5.41) is 6.46. The summed E-state index contributed by atoms with van der Waals surface area (Å²) in [7, 11) is 0. The fraction of sp³-hybridized carbons (Fsp3) is 0.133. The summed E-state index contributed by atoms with van der Waals surface area (Å²) in [5.41, 5.74) is 2.90. The third kappa shape index (κ3) is 2.12. The summed E-state index contributed by atoms with van der Waals surface area (Å²) in [6, 6.07) is 9.20.